The highest BCUT2D eigenvalue weighted by molar-refractivity contribution is 7.53. The highest BCUT2D eigenvalue weighted by atomic mass is 31.2. The molecule has 0 N–H and O–H groups in total. The van der Waals surface area contributed by atoms with Crippen molar-refractivity contribution in [3.05, 3.63) is 168 Å². The van der Waals surface area contributed by atoms with E-state index in [9.17, 15) is 9.13 Å². The predicted octanol–water partition coefficient (Wildman–Crippen LogP) is 12.1. The third kappa shape index (κ3) is 7.41. The van der Waals surface area contributed by atoms with E-state index in [-0.39, 0.29) is 38.8 Å². The molecule has 6 aromatic rings. The van der Waals surface area contributed by atoms with Gasteiger partial charge in [-0.2, -0.15) is 0 Å². The molecule has 8 heteroatoms. The lowest BCUT2D eigenvalue weighted by atomic mass is 9.89. The fourth-order valence-electron chi connectivity index (χ4n) is 7.39. The summed E-state index contributed by atoms with van der Waals surface area (Å²) in [7, 11) is -6.98. The maximum atomic E-state index is 14.1. The van der Waals surface area contributed by atoms with E-state index in [1.54, 1.807) is 0 Å². The monoisotopic (exact) mass is 740 g/mol. The van der Waals surface area contributed by atoms with Gasteiger partial charge in [0, 0.05) is 0 Å². The van der Waals surface area contributed by atoms with Crippen molar-refractivity contribution < 1.29 is 27.2 Å². The molecule has 2 saturated heterocycles. The van der Waals surface area contributed by atoms with Gasteiger partial charge in [0.15, 0.2) is 0 Å². The summed E-state index contributed by atoms with van der Waals surface area (Å²) in [5.74, 6) is 0. The zero-order chi connectivity index (χ0) is 36.5. The first-order valence-electron chi connectivity index (χ1n) is 18.0. The van der Waals surface area contributed by atoms with Gasteiger partial charge in [0.25, 0.3) is 0 Å². The van der Waals surface area contributed by atoms with Crippen molar-refractivity contribution in [2.45, 2.75) is 26.2 Å². The van der Waals surface area contributed by atoms with Crippen molar-refractivity contribution in [2.75, 3.05) is 26.4 Å². The largest absolute Gasteiger partial charge is 0.335 e. The van der Waals surface area contributed by atoms with E-state index in [1.165, 1.54) is 0 Å². The summed E-state index contributed by atoms with van der Waals surface area (Å²) in [4.78, 5) is 0. The van der Waals surface area contributed by atoms with Crippen LogP contribution in [-0.2, 0) is 39.5 Å². The van der Waals surface area contributed by atoms with Gasteiger partial charge in [0.1, 0.15) is 0 Å². The van der Waals surface area contributed by atoms with Crippen LogP contribution in [0.4, 0.5) is 0 Å². The molecule has 0 atom stereocenters. The second-order valence-corrected chi connectivity index (χ2v) is 18.2. The van der Waals surface area contributed by atoms with Gasteiger partial charge in [0.2, 0.25) is 0 Å². The van der Waals surface area contributed by atoms with Crippen molar-refractivity contribution in [1.82, 2.24) is 0 Å². The van der Waals surface area contributed by atoms with Crippen LogP contribution < -0.4 is 0 Å². The Labute approximate surface area is 311 Å². The van der Waals surface area contributed by atoms with E-state index in [0.29, 0.717) is 0 Å². The van der Waals surface area contributed by atoms with E-state index in [4.69, 9.17) is 18.1 Å². The minimum atomic E-state index is -3.49. The summed E-state index contributed by atoms with van der Waals surface area (Å²) in [6.45, 7) is 4.64. The SMILES string of the molecule is Cc1c(CP2(=O)OCC3(CO2)COP(=O)(Cc2ccc(-c4ccccc4)c(-c4ccccc4)c2C)OC3)ccc(-c2ccccc2)c1-c1ccccc1. The van der Waals surface area contributed by atoms with Crippen molar-refractivity contribution in [2.24, 2.45) is 5.41 Å². The molecule has 2 fully saturated rings. The van der Waals surface area contributed by atoms with Crippen molar-refractivity contribution >= 4 is 15.2 Å². The van der Waals surface area contributed by atoms with Crippen LogP contribution in [0.3, 0.4) is 0 Å². The Hall–Kier alpha value is -4.38. The number of hydrogen-bond donors (Lipinski definition) is 0. The van der Waals surface area contributed by atoms with E-state index >= 15 is 0 Å². The minimum Gasteiger partial charge on any atom is -0.307 e. The molecule has 1 spiro atoms. The van der Waals surface area contributed by atoms with Crippen LogP contribution in [0.1, 0.15) is 22.3 Å². The second-order valence-electron chi connectivity index (χ2n) is 14.1. The zero-order valence-corrected chi connectivity index (χ0v) is 31.7. The fraction of sp³-hybridized carbons (Fsp3) is 0.200. The number of benzene rings is 6. The summed E-state index contributed by atoms with van der Waals surface area (Å²) in [5.41, 5.74) is 12.0. The number of rotatable bonds is 8. The van der Waals surface area contributed by atoms with Gasteiger partial charge in [-0.05, 0) is 80.6 Å². The maximum absolute atomic E-state index is 14.1. The first-order chi connectivity index (χ1) is 25.7. The lowest BCUT2D eigenvalue weighted by Crippen LogP contribution is -2.45. The minimum absolute atomic E-state index is 0.125. The van der Waals surface area contributed by atoms with E-state index in [1.807, 2.05) is 84.9 Å². The molecule has 0 aromatic heterocycles. The molecular weight excluding hydrogens is 698 g/mol. The first-order valence-corrected chi connectivity index (χ1v) is 21.4. The predicted molar refractivity (Wildman–Crippen MR) is 213 cm³/mol. The molecule has 0 saturated carbocycles. The molecule has 0 unspecified atom stereocenters. The third-order valence-electron chi connectivity index (χ3n) is 10.4. The molecule has 268 valence electrons. The molecule has 0 aliphatic carbocycles. The average molecular weight is 741 g/mol. The van der Waals surface area contributed by atoms with Crippen LogP contribution in [0.2, 0.25) is 0 Å². The highest BCUT2D eigenvalue weighted by Crippen LogP contribution is 2.62. The van der Waals surface area contributed by atoms with Crippen molar-refractivity contribution in [1.29, 1.82) is 0 Å². The van der Waals surface area contributed by atoms with Crippen molar-refractivity contribution in [3.8, 4) is 44.5 Å². The summed E-state index contributed by atoms with van der Waals surface area (Å²) < 4.78 is 52.5. The van der Waals surface area contributed by atoms with Crippen LogP contribution in [0.5, 0.6) is 0 Å². The molecule has 0 radical (unpaired) electrons. The molecular formula is C45H42O6P2. The Balaban J connectivity index is 0.972. The lowest BCUT2D eigenvalue weighted by Gasteiger charge is -2.43. The topological polar surface area (TPSA) is 71.1 Å². The van der Waals surface area contributed by atoms with Gasteiger partial charge >= 0.3 is 15.2 Å². The summed E-state index contributed by atoms with van der Waals surface area (Å²) >= 11 is 0. The van der Waals surface area contributed by atoms with Gasteiger partial charge in [-0.25, -0.2) is 0 Å². The highest BCUT2D eigenvalue weighted by Gasteiger charge is 2.49. The molecule has 2 heterocycles. The summed E-state index contributed by atoms with van der Waals surface area (Å²) in [6.07, 6.45) is 0.290. The Morgan fingerprint density at radius 1 is 0.434 bits per heavy atom. The van der Waals surface area contributed by atoms with Gasteiger partial charge in [0.05, 0.1) is 44.2 Å². The fourth-order valence-corrected chi connectivity index (χ4v) is 11.3. The van der Waals surface area contributed by atoms with Crippen LogP contribution in [0.25, 0.3) is 44.5 Å². The molecule has 0 amide bonds. The average Bonchev–Trinajstić information content (AvgIpc) is 3.20. The Bertz CT molecular complexity index is 2130. The quantitative estimate of drug-likeness (QED) is 0.145. The molecule has 8 rings (SSSR count). The van der Waals surface area contributed by atoms with E-state index in [0.717, 1.165) is 66.8 Å². The smallest absolute Gasteiger partial charge is 0.307 e. The standard InChI is InChI=1S/C45H42O6P2/c1-33-39(23-25-41(35-15-7-3-8-16-35)43(33)37-19-11-5-12-20-37)27-52(46)48-29-45(30-49-52)31-50-53(47,51-32-45)28-40-24-26-42(36-17-9-4-10-18-36)44(34(40)2)38-21-13-6-14-22-38/h3-26H,27-32H2,1-2H3. The van der Waals surface area contributed by atoms with Gasteiger partial charge in [-0.15, -0.1) is 0 Å². The third-order valence-corrected chi connectivity index (χ3v) is 14.0. The molecule has 6 aromatic carbocycles. The van der Waals surface area contributed by atoms with E-state index in [2.05, 4.69) is 74.5 Å². The van der Waals surface area contributed by atoms with Crippen molar-refractivity contribution in [3.63, 3.8) is 0 Å². The second kappa shape index (κ2) is 14.8. The summed E-state index contributed by atoms with van der Waals surface area (Å²) in [5, 5.41) is 0. The molecule has 53 heavy (non-hydrogen) atoms. The maximum Gasteiger partial charge on any atom is 0.335 e. The van der Waals surface area contributed by atoms with Crippen LogP contribution in [0.15, 0.2) is 146 Å². The zero-order valence-electron chi connectivity index (χ0n) is 29.9. The van der Waals surface area contributed by atoms with Crippen LogP contribution in [0, 0.1) is 19.3 Å². The molecule has 0 bridgehead atoms. The van der Waals surface area contributed by atoms with Crippen LogP contribution >= 0.6 is 15.2 Å². The summed E-state index contributed by atoms with van der Waals surface area (Å²) in [6, 6.07) is 49.4. The van der Waals surface area contributed by atoms with E-state index < -0.39 is 20.6 Å². The Kier molecular flexibility index (Phi) is 9.95. The molecule has 2 aliphatic rings. The molecule has 2 aliphatic heterocycles. The van der Waals surface area contributed by atoms with Gasteiger partial charge < -0.3 is 18.1 Å². The Morgan fingerprint density at radius 3 is 1.06 bits per heavy atom. The van der Waals surface area contributed by atoms with Crippen LogP contribution in [-0.4, -0.2) is 26.4 Å². The Morgan fingerprint density at radius 2 is 0.736 bits per heavy atom. The number of hydrogen-bond acceptors (Lipinski definition) is 6. The van der Waals surface area contributed by atoms with Gasteiger partial charge in [-0.1, -0.05) is 146 Å². The first kappa shape index (κ1) is 35.6. The van der Waals surface area contributed by atoms with Gasteiger partial charge in [-0.3, -0.25) is 9.13 Å². The lowest BCUT2D eigenvalue weighted by molar-refractivity contribution is -0.0690. The molecule has 6 nitrogen and oxygen atoms in total. The normalized spacial score (nSPS) is 22.8.